The zero-order valence-electron chi connectivity index (χ0n) is 26.2. The van der Waals surface area contributed by atoms with Crippen molar-refractivity contribution >= 4 is 43.6 Å². The molecular weight excluding hydrogens is 638 g/mol. The van der Waals surface area contributed by atoms with Crippen LogP contribution in [0, 0.1) is 11.2 Å². The number of benzene rings is 2. The van der Waals surface area contributed by atoms with Gasteiger partial charge in [0.15, 0.2) is 0 Å². The molecular formula is C35H50ClFN2OSn. The Morgan fingerprint density at radius 2 is 1.61 bits per heavy atom. The van der Waals surface area contributed by atoms with Crippen molar-refractivity contribution in [2.45, 2.75) is 115 Å². The number of ether oxygens (including phenoxy) is 1. The average molecular weight is 688 g/mol. The van der Waals surface area contributed by atoms with E-state index < -0.39 is 21.1 Å². The Bertz CT molecular complexity index is 1260. The molecule has 4 rings (SSSR count). The molecule has 1 atom stereocenters. The summed E-state index contributed by atoms with van der Waals surface area (Å²) in [7, 11) is 0. The van der Waals surface area contributed by atoms with E-state index >= 15 is 0 Å². The van der Waals surface area contributed by atoms with Crippen LogP contribution in [-0.4, -0.2) is 47.8 Å². The molecule has 0 saturated carbocycles. The molecule has 224 valence electrons. The van der Waals surface area contributed by atoms with Crippen molar-refractivity contribution in [2.24, 2.45) is 5.41 Å². The number of hydrogen-bond acceptors (Lipinski definition) is 2. The van der Waals surface area contributed by atoms with Gasteiger partial charge in [-0.3, -0.25) is 0 Å². The van der Waals surface area contributed by atoms with Gasteiger partial charge in [0.05, 0.1) is 0 Å². The number of aromatic nitrogens is 1. The van der Waals surface area contributed by atoms with E-state index in [0.29, 0.717) is 8.45 Å². The summed E-state index contributed by atoms with van der Waals surface area (Å²) in [5.41, 5.74) is 3.13. The van der Waals surface area contributed by atoms with Gasteiger partial charge in [0, 0.05) is 0 Å². The molecule has 0 saturated heterocycles. The first-order valence-electron chi connectivity index (χ1n) is 15.8. The van der Waals surface area contributed by atoms with Crippen LogP contribution in [-0.2, 0) is 6.54 Å². The van der Waals surface area contributed by atoms with E-state index in [1.807, 2.05) is 24.4 Å². The number of halogens is 2. The standard InChI is InChI=1S/C22H23ClFN2O.C13H27.Sn/c1-22(2,3)20-13-25(4)12-15-10-17(11-18(23)21(15)27-20)26-8-7-14-9-16(24)5-6-19(14)26;1-4-7-10-13(11-8-5-2)12-9-6-3;/h5-11,20H,4,12-13H2,1-3H3;4-12H2,1-3H3;. The Hall–Kier alpha value is -1.24. The fourth-order valence-corrected chi connectivity index (χ4v) is 11.7. The summed E-state index contributed by atoms with van der Waals surface area (Å²) in [6.07, 6.45) is 14.3. The molecule has 1 aromatic heterocycles. The first-order chi connectivity index (χ1) is 19.6. The van der Waals surface area contributed by atoms with Crippen LogP contribution in [0.1, 0.15) is 105 Å². The SMILES string of the molecule is CCCC[C](CCCC)(CCCC)[Sn][CH2]N1Cc2cc(-n3ccc4cc(F)ccc43)cc(Cl)c2OC(C(C)(C)C)C1. The summed E-state index contributed by atoms with van der Waals surface area (Å²) >= 11 is 6.27. The third-order valence-electron chi connectivity index (χ3n) is 8.78. The summed E-state index contributed by atoms with van der Waals surface area (Å²) < 4.78 is 24.6. The van der Waals surface area contributed by atoms with Crippen LogP contribution < -0.4 is 4.74 Å². The van der Waals surface area contributed by atoms with Gasteiger partial charge in [-0.2, -0.15) is 0 Å². The third-order valence-corrected chi connectivity index (χ3v) is 15.1. The van der Waals surface area contributed by atoms with Gasteiger partial charge in [0.25, 0.3) is 0 Å². The van der Waals surface area contributed by atoms with Gasteiger partial charge in [-0.05, 0) is 0 Å². The van der Waals surface area contributed by atoms with Gasteiger partial charge in [0.2, 0.25) is 0 Å². The number of hydrogen-bond donors (Lipinski definition) is 0. The van der Waals surface area contributed by atoms with Crippen molar-refractivity contribution in [3.63, 3.8) is 0 Å². The summed E-state index contributed by atoms with van der Waals surface area (Å²) in [4.78, 5) is 2.70. The van der Waals surface area contributed by atoms with Crippen LogP contribution in [0.25, 0.3) is 16.6 Å². The average Bonchev–Trinajstić information content (AvgIpc) is 3.24. The zero-order valence-corrected chi connectivity index (χ0v) is 29.8. The summed E-state index contributed by atoms with van der Waals surface area (Å²) in [6, 6.07) is 11.2. The molecule has 6 heteroatoms. The number of fused-ring (bicyclic) bond motifs is 2. The molecule has 3 nitrogen and oxygen atoms in total. The molecule has 1 aliphatic heterocycles. The quantitative estimate of drug-likeness (QED) is 0.167. The molecule has 0 fully saturated rings. The van der Waals surface area contributed by atoms with Crippen molar-refractivity contribution in [1.82, 2.24) is 9.47 Å². The Morgan fingerprint density at radius 3 is 2.22 bits per heavy atom. The van der Waals surface area contributed by atoms with Crippen LogP contribution in [0.5, 0.6) is 5.75 Å². The molecule has 0 spiro atoms. The van der Waals surface area contributed by atoms with Gasteiger partial charge < -0.3 is 0 Å². The van der Waals surface area contributed by atoms with Crippen molar-refractivity contribution in [3.05, 3.63) is 59.0 Å². The van der Waals surface area contributed by atoms with E-state index in [-0.39, 0.29) is 17.3 Å². The maximum absolute atomic E-state index is 13.9. The number of rotatable bonds is 13. The molecule has 1 unspecified atom stereocenters. The molecule has 0 N–H and O–H groups in total. The first kappa shape index (κ1) is 32.7. The normalized spacial score (nSPS) is 16.5. The van der Waals surface area contributed by atoms with Crippen molar-refractivity contribution in [2.75, 3.05) is 11.1 Å². The van der Waals surface area contributed by atoms with Crippen LogP contribution in [0.4, 0.5) is 4.39 Å². The molecule has 0 amide bonds. The molecule has 41 heavy (non-hydrogen) atoms. The third kappa shape index (κ3) is 8.23. The fraction of sp³-hybridized carbons (Fsp3) is 0.600. The van der Waals surface area contributed by atoms with Crippen LogP contribution in [0.2, 0.25) is 8.45 Å². The molecule has 2 aromatic carbocycles. The molecule has 2 radical (unpaired) electrons. The monoisotopic (exact) mass is 688 g/mol. The molecule has 2 heterocycles. The topological polar surface area (TPSA) is 17.4 Å². The van der Waals surface area contributed by atoms with E-state index in [2.05, 4.69) is 57.1 Å². The fourth-order valence-electron chi connectivity index (χ4n) is 6.12. The van der Waals surface area contributed by atoms with Crippen LogP contribution in [0.15, 0.2) is 42.6 Å². The Labute approximate surface area is 263 Å². The van der Waals surface area contributed by atoms with Gasteiger partial charge >= 0.3 is 265 Å². The second-order valence-electron chi connectivity index (χ2n) is 13.2. The summed E-state index contributed by atoms with van der Waals surface area (Å²) in [5.74, 6) is 0.616. The van der Waals surface area contributed by atoms with Gasteiger partial charge in [0.1, 0.15) is 0 Å². The van der Waals surface area contributed by atoms with Crippen LogP contribution >= 0.6 is 11.6 Å². The van der Waals surface area contributed by atoms with Crippen molar-refractivity contribution < 1.29 is 9.13 Å². The van der Waals surface area contributed by atoms with E-state index in [1.54, 1.807) is 6.07 Å². The Balaban J connectivity index is 1.67. The molecule has 1 aliphatic rings. The maximum atomic E-state index is 13.9. The van der Waals surface area contributed by atoms with E-state index in [4.69, 9.17) is 16.3 Å². The predicted octanol–water partition coefficient (Wildman–Crippen LogP) is 10.4. The second-order valence-corrected chi connectivity index (χ2v) is 18.6. The Kier molecular flexibility index (Phi) is 11.5. The van der Waals surface area contributed by atoms with Crippen molar-refractivity contribution in [3.8, 4) is 11.4 Å². The van der Waals surface area contributed by atoms with Gasteiger partial charge in [-0.25, -0.2) is 0 Å². The van der Waals surface area contributed by atoms with Crippen LogP contribution in [0.3, 0.4) is 0 Å². The summed E-state index contributed by atoms with van der Waals surface area (Å²) in [5, 5.41) is 1.54. The molecule has 0 aliphatic carbocycles. The van der Waals surface area contributed by atoms with Crippen molar-refractivity contribution in [1.29, 1.82) is 0 Å². The predicted molar refractivity (Wildman–Crippen MR) is 174 cm³/mol. The Morgan fingerprint density at radius 1 is 0.951 bits per heavy atom. The van der Waals surface area contributed by atoms with E-state index in [0.717, 1.165) is 41.0 Å². The molecule has 3 aromatic rings. The second kappa shape index (κ2) is 14.5. The zero-order chi connectivity index (χ0) is 29.6. The van der Waals surface area contributed by atoms with E-state index in [9.17, 15) is 4.39 Å². The summed E-state index contributed by atoms with van der Waals surface area (Å²) in [6.45, 7) is 15.7. The van der Waals surface area contributed by atoms with Gasteiger partial charge in [-0.1, -0.05) is 0 Å². The number of unbranched alkanes of at least 4 members (excludes halogenated alkanes) is 3. The first-order valence-corrected chi connectivity index (χ1v) is 19.6. The minimum absolute atomic E-state index is 0.00265. The number of nitrogens with zero attached hydrogens (tertiary/aromatic N) is 2. The molecule has 0 bridgehead atoms. The minimum atomic E-state index is -0.725. The van der Waals surface area contributed by atoms with Gasteiger partial charge in [-0.15, -0.1) is 0 Å². The van der Waals surface area contributed by atoms with E-state index in [1.165, 1.54) is 68.4 Å².